The van der Waals surface area contributed by atoms with Crippen LogP contribution >= 0.6 is 0 Å². The number of ether oxygens (including phenoxy) is 1. The zero-order chi connectivity index (χ0) is 15.6. The molecule has 1 N–H and O–H groups in total. The number of rotatable bonds is 3. The monoisotopic (exact) mass is 308 g/mol. The summed E-state index contributed by atoms with van der Waals surface area (Å²) in [6.45, 7) is 7.77. The predicted octanol–water partition coefficient (Wildman–Crippen LogP) is 3.41. The molecule has 0 bridgehead atoms. The molecule has 2 amide bonds. The Morgan fingerprint density at radius 2 is 2.09 bits per heavy atom. The Bertz CT molecular complexity index is 393. The van der Waals surface area contributed by atoms with Gasteiger partial charge >= 0.3 is 6.03 Å². The average Bonchev–Trinajstić information content (AvgIpc) is 2.42. The van der Waals surface area contributed by atoms with Crippen molar-refractivity contribution in [3.63, 3.8) is 0 Å². The highest BCUT2D eigenvalue weighted by Gasteiger charge is 2.34. The van der Waals surface area contributed by atoms with E-state index in [-0.39, 0.29) is 12.1 Å². The van der Waals surface area contributed by atoms with E-state index >= 15 is 0 Å². The van der Waals surface area contributed by atoms with Gasteiger partial charge in [0, 0.05) is 19.6 Å². The van der Waals surface area contributed by atoms with Crippen molar-refractivity contribution in [2.24, 2.45) is 17.3 Å². The van der Waals surface area contributed by atoms with Gasteiger partial charge in [-0.1, -0.05) is 26.7 Å². The number of carbonyl (C=O) groups excluding carboxylic acids is 1. The molecule has 1 saturated heterocycles. The summed E-state index contributed by atoms with van der Waals surface area (Å²) >= 11 is 0. The van der Waals surface area contributed by atoms with Gasteiger partial charge in [0.15, 0.2) is 0 Å². The smallest absolute Gasteiger partial charge is 0.317 e. The quantitative estimate of drug-likeness (QED) is 0.868. The van der Waals surface area contributed by atoms with Crippen LogP contribution in [0.2, 0.25) is 0 Å². The van der Waals surface area contributed by atoms with Crippen molar-refractivity contribution in [2.45, 2.75) is 64.9 Å². The molecule has 1 heterocycles. The summed E-state index contributed by atoms with van der Waals surface area (Å²) in [5.41, 5.74) is 0.446. The van der Waals surface area contributed by atoms with Crippen LogP contribution in [-0.2, 0) is 4.74 Å². The van der Waals surface area contributed by atoms with E-state index in [1.165, 1.54) is 44.9 Å². The summed E-state index contributed by atoms with van der Waals surface area (Å²) in [6.07, 6.45) is 9.28. The molecule has 0 aromatic heterocycles. The molecule has 2 unspecified atom stereocenters. The topological polar surface area (TPSA) is 41.6 Å². The minimum atomic E-state index is 0.121. The first-order valence-corrected chi connectivity index (χ1v) is 9.18. The van der Waals surface area contributed by atoms with E-state index < -0.39 is 0 Å². The number of morpholine rings is 1. The number of nitrogens with zero attached hydrogens (tertiary/aromatic N) is 1. The van der Waals surface area contributed by atoms with Crippen LogP contribution in [0.15, 0.2) is 0 Å². The van der Waals surface area contributed by atoms with E-state index in [0.29, 0.717) is 23.9 Å². The third-order valence-corrected chi connectivity index (χ3v) is 5.91. The molecule has 22 heavy (non-hydrogen) atoms. The van der Waals surface area contributed by atoms with Crippen LogP contribution < -0.4 is 5.32 Å². The lowest BCUT2D eigenvalue weighted by molar-refractivity contribution is -0.0629. The van der Waals surface area contributed by atoms with Crippen molar-refractivity contribution in [3.05, 3.63) is 0 Å². The molecule has 0 aromatic carbocycles. The lowest BCUT2D eigenvalue weighted by Crippen LogP contribution is -2.53. The standard InChI is InChI=1S/C18H32N2O2/c1-18(2)8-4-5-14(11-18)12-19-17(21)20-9-10-22-16(13-20)15-6-3-7-15/h14-16H,3-13H2,1-2H3,(H,19,21). The van der Waals surface area contributed by atoms with Gasteiger partial charge in [-0.2, -0.15) is 0 Å². The van der Waals surface area contributed by atoms with E-state index in [9.17, 15) is 4.79 Å². The Morgan fingerprint density at radius 3 is 2.77 bits per heavy atom. The van der Waals surface area contributed by atoms with Crippen molar-refractivity contribution in [3.8, 4) is 0 Å². The average molecular weight is 308 g/mol. The van der Waals surface area contributed by atoms with Gasteiger partial charge in [-0.15, -0.1) is 0 Å². The van der Waals surface area contributed by atoms with Gasteiger partial charge in [-0.25, -0.2) is 4.79 Å². The summed E-state index contributed by atoms with van der Waals surface area (Å²) < 4.78 is 5.86. The number of hydrogen-bond acceptors (Lipinski definition) is 2. The molecule has 4 heteroatoms. The number of nitrogens with one attached hydrogen (secondary N) is 1. The Labute approximate surface area is 135 Å². The summed E-state index contributed by atoms with van der Waals surface area (Å²) in [4.78, 5) is 14.4. The van der Waals surface area contributed by atoms with Crippen molar-refractivity contribution in [1.29, 1.82) is 0 Å². The highest BCUT2D eigenvalue weighted by Crippen LogP contribution is 2.38. The second-order valence-electron chi connectivity index (χ2n) is 8.36. The zero-order valence-corrected chi connectivity index (χ0v) is 14.3. The third kappa shape index (κ3) is 3.95. The molecule has 2 aliphatic carbocycles. The summed E-state index contributed by atoms with van der Waals surface area (Å²) in [7, 11) is 0. The van der Waals surface area contributed by atoms with E-state index in [4.69, 9.17) is 4.74 Å². The third-order valence-electron chi connectivity index (χ3n) is 5.91. The SMILES string of the molecule is CC1(C)CCCC(CNC(=O)N2CCOC(C3CCC3)C2)C1. The molecule has 0 aromatic rings. The first-order chi connectivity index (χ1) is 10.5. The first kappa shape index (κ1) is 16.1. The highest BCUT2D eigenvalue weighted by atomic mass is 16.5. The molecule has 0 spiro atoms. The number of carbonyl (C=O) groups is 1. The van der Waals surface area contributed by atoms with Crippen LogP contribution in [0.25, 0.3) is 0 Å². The molecule has 3 fully saturated rings. The van der Waals surface area contributed by atoms with Crippen LogP contribution in [0.1, 0.15) is 58.8 Å². The molecule has 2 saturated carbocycles. The van der Waals surface area contributed by atoms with Gasteiger partial charge in [0.1, 0.15) is 0 Å². The lowest BCUT2D eigenvalue weighted by atomic mass is 9.72. The zero-order valence-electron chi connectivity index (χ0n) is 14.3. The fourth-order valence-electron chi connectivity index (χ4n) is 4.33. The number of hydrogen-bond donors (Lipinski definition) is 1. The fraction of sp³-hybridized carbons (Fsp3) is 0.944. The maximum Gasteiger partial charge on any atom is 0.317 e. The number of amides is 2. The molecule has 3 aliphatic rings. The van der Waals surface area contributed by atoms with Gasteiger partial charge in [0.25, 0.3) is 0 Å². The van der Waals surface area contributed by atoms with E-state index in [1.54, 1.807) is 0 Å². The molecular formula is C18H32N2O2. The van der Waals surface area contributed by atoms with E-state index in [1.807, 2.05) is 4.90 Å². The molecule has 2 atom stereocenters. The van der Waals surface area contributed by atoms with Gasteiger partial charge in [0.2, 0.25) is 0 Å². The second-order valence-corrected chi connectivity index (χ2v) is 8.36. The minimum Gasteiger partial charge on any atom is -0.374 e. The largest absolute Gasteiger partial charge is 0.374 e. The summed E-state index contributed by atoms with van der Waals surface area (Å²) in [5, 5.41) is 3.19. The van der Waals surface area contributed by atoms with Crippen LogP contribution in [0, 0.1) is 17.3 Å². The Kier molecular flexibility index (Phi) is 4.96. The predicted molar refractivity (Wildman–Crippen MR) is 87.8 cm³/mol. The molecule has 0 radical (unpaired) electrons. The van der Waals surface area contributed by atoms with Gasteiger partial charge < -0.3 is 15.0 Å². The number of urea groups is 1. The summed E-state index contributed by atoms with van der Waals surface area (Å²) in [6, 6.07) is 0.121. The second kappa shape index (κ2) is 6.77. The Hall–Kier alpha value is -0.770. The van der Waals surface area contributed by atoms with Crippen molar-refractivity contribution in [1.82, 2.24) is 10.2 Å². The van der Waals surface area contributed by atoms with Crippen LogP contribution in [0.4, 0.5) is 4.79 Å². The summed E-state index contributed by atoms with van der Waals surface area (Å²) in [5.74, 6) is 1.34. The molecule has 3 rings (SSSR count). The minimum absolute atomic E-state index is 0.121. The van der Waals surface area contributed by atoms with Crippen molar-refractivity contribution >= 4 is 6.03 Å². The van der Waals surface area contributed by atoms with E-state index in [0.717, 1.165) is 19.6 Å². The van der Waals surface area contributed by atoms with Crippen molar-refractivity contribution in [2.75, 3.05) is 26.2 Å². The molecule has 1 aliphatic heterocycles. The lowest BCUT2D eigenvalue weighted by Gasteiger charge is -2.40. The Morgan fingerprint density at radius 1 is 1.27 bits per heavy atom. The fourth-order valence-corrected chi connectivity index (χ4v) is 4.33. The van der Waals surface area contributed by atoms with Crippen LogP contribution in [0.3, 0.4) is 0 Å². The van der Waals surface area contributed by atoms with Crippen LogP contribution in [-0.4, -0.2) is 43.3 Å². The maximum absolute atomic E-state index is 12.4. The van der Waals surface area contributed by atoms with Gasteiger partial charge in [0.05, 0.1) is 12.7 Å². The molecular weight excluding hydrogens is 276 g/mol. The van der Waals surface area contributed by atoms with Crippen molar-refractivity contribution < 1.29 is 9.53 Å². The normalized spacial score (nSPS) is 32.4. The highest BCUT2D eigenvalue weighted by molar-refractivity contribution is 5.74. The van der Waals surface area contributed by atoms with Gasteiger partial charge in [-0.05, 0) is 49.4 Å². The Balaban J connectivity index is 1.43. The van der Waals surface area contributed by atoms with Gasteiger partial charge in [-0.3, -0.25) is 0 Å². The van der Waals surface area contributed by atoms with E-state index in [2.05, 4.69) is 19.2 Å². The first-order valence-electron chi connectivity index (χ1n) is 9.18. The molecule has 126 valence electrons. The molecule has 4 nitrogen and oxygen atoms in total. The van der Waals surface area contributed by atoms with Crippen LogP contribution in [0.5, 0.6) is 0 Å². The maximum atomic E-state index is 12.4.